The molecule has 0 unspecified atom stereocenters. The summed E-state index contributed by atoms with van der Waals surface area (Å²) in [6.45, 7) is 9.53. The van der Waals surface area contributed by atoms with E-state index in [-0.39, 0.29) is 31.3 Å². The van der Waals surface area contributed by atoms with E-state index in [1.807, 2.05) is 45.9 Å². The second kappa shape index (κ2) is 11.9. The van der Waals surface area contributed by atoms with E-state index < -0.39 is 21.6 Å². The molecule has 0 radical (unpaired) electrons. The van der Waals surface area contributed by atoms with Gasteiger partial charge < -0.3 is 10.2 Å². The SMILES string of the molecule is Cc1cccc(N(CCCC(=O)N(Cc2ccccc2Cl)[C@@H](C)C(=O)NC(C)(C)C)S(C)(=O)=O)c1. The van der Waals surface area contributed by atoms with Crippen molar-refractivity contribution in [3.63, 3.8) is 0 Å². The summed E-state index contributed by atoms with van der Waals surface area (Å²) in [7, 11) is -3.53. The highest BCUT2D eigenvalue weighted by molar-refractivity contribution is 7.92. The highest BCUT2D eigenvalue weighted by Gasteiger charge is 2.29. The average molecular weight is 522 g/mol. The number of rotatable bonds is 10. The van der Waals surface area contributed by atoms with Crippen LogP contribution in [0.5, 0.6) is 0 Å². The second-order valence-electron chi connectivity index (χ2n) is 9.81. The van der Waals surface area contributed by atoms with Crippen LogP contribution in [0.2, 0.25) is 5.02 Å². The van der Waals surface area contributed by atoms with Crippen LogP contribution in [-0.2, 0) is 26.2 Å². The molecule has 2 amide bonds. The zero-order valence-corrected chi connectivity index (χ0v) is 22.9. The Hall–Kier alpha value is -2.58. The van der Waals surface area contributed by atoms with Crippen molar-refractivity contribution in [2.24, 2.45) is 0 Å². The van der Waals surface area contributed by atoms with Crippen molar-refractivity contribution in [1.82, 2.24) is 10.2 Å². The van der Waals surface area contributed by atoms with Crippen LogP contribution in [0.25, 0.3) is 0 Å². The van der Waals surface area contributed by atoms with Gasteiger partial charge in [0.1, 0.15) is 6.04 Å². The predicted octanol–water partition coefficient (Wildman–Crippen LogP) is 4.53. The molecule has 192 valence electrons. The van der Waals surface area contributed by atoms with Crippen LogP contribution >= 0.6 is 11.6 Å². The molecule has 0 aliphatic rings. The largest absolute Gasteiger partial charge is 0.350 e. The summed E-state index contributed by atoms with van der Waals surface area (Å²) in [6, 6.07) is 13.7. The van der Waals surface area contributed by atoms with Crippen LogP contribution in [-0.4, -0.2) is 49.5 Å². The summed E-state index contributed by atoms with van der Waals surface area (Å²) >= 11 is 6.33. The van der Waals surface area contributed by atoms with Gasteiger partial charge in [-0.15, -0.1) is 0 Å². The first-order chi connectivity index (χ1) is 16.2. The van der Waals surface area contributed by atoms with Crippen molar-refractivity contribution in [3.05, 3.63) is 64.7 Å². The summed E-state index contributed by atoms with van der Waals surface area (Å²) in [5.74, 6) is -0.519. The molecule has 2 aromatic carbocycles. The van der Waals surface area contributed by atoms with E-state index in [2.05, 4.69) is 5.32 Å². The summed E-state index contributed by atoms with van der Waals surface area (Å²) in [4.78, 5) is 27.7. The first-order valence-corrected chi connectivity index (χ1v) is 13.8. The van der Waals surface area contributed by atoms with Crippen molar-refractivity contribution in [2.45, 2.75) is 65.6 Å². The van der Waals surface area contributed by atoms with E-state index >= 15 is 0 Å². The summed E-state index contributed by atoms with van der Waals surface area (Å²) < 4.78 is 26.2. The minimum Gasteiger partial charge on any atom is -0.350 e. The number of benzene rings is 2. The minimum atomic E-state index is -3.53. The molecule has 0 bridgehead atoms. The third-order valence-electron chi connectivity index (χ3n) is 5.41. The molecule has 2 aromatic rings. The number of sulfonamides is 1. The molecule has 2 rings (SSSR count). The molecule has 0 saturated carbocycles. The quantitative estimate of drug-likeness (QED) is 0.497. The fourth-order valence-electron chi connectivity index (χ4n) is 3.65. The zero-order chi connectivity index (χ0) is 26.4. The third kappa shape index (κ3) is 8.85. The number of amides is 2. The van der Waals surface area contributed by atoms with Crippen LogP contribution < -0.4 is 9.62 Å². The van der Waals surface area contributed by atoms with Crippen LogP contribution in [0.15, 0.2) is 48.5 Å². The first kappa shape index (κ1) is 28.7. The smallest absolute Gasteiger partial charge is 0.242 e. The zero-order valence-electron chi connectivity index (χ0n) is 21.3. The highest BCUT2D eigenvalue weighted by atomic mass is 35.5. The number of anilines is 1. The average Bonchev–Trinajstić information content (AvgIpc) is 2.73. The van der Waals surface area contributed by atoms with Gasteiger partial charge >= 0.3 is 0 Å². The molecule has 0 aliphatic heterocycles. The van der Waals surface area contributed by atoms with Gasteiger partial charge in [-0.3, -0.25) is 13.9 Å². The lowest BCUT2D eigenvalue weighted by molar-refractivity contribution is -0.141. The molecule has 7 nitrogen and oxygen atoms in total. The molecular formula is C26H36ClN3O4S. The number of hydrogen-bond acceptors (Lipinski definition) is 4. The molecule has 35 heavy (non-hydrogen) atoms. The molecule has 9 heteroatoms. The third-order valence-corrected chi connectivity index (χ3v) is 6.97. The van der Waals surface area contributed by atoms with E-state index in [1.54, 1.807) is 37.3 Å². The van der Waals surface area contributed by atoms with Gasteiger partial charge in [-0.25, -0.2) is 8.42 Å². The number of aryl methyl sites for hydroxylation is 1. The van der Waals surface area contributed by atoms with Crippen LogP contribution in [0.1, 0.15) is 51.7 Å². The lowest BCUT2D eigenvalue weighted by Gasteiger charge is -2.32. The summed E-state index contributed by atoms with van der Waals surface area (Å²) in [5, 5.41) is 3.43. The van der Waals surface area contributed by atoms with E-state index in [1.165, 1.54) is 9.21 Å². The van der Waals surface area contributed by atoms with E-state index in [0.29, 0.717) is 17.1 Å². The van der Waals surface area contributed by atoms with Crippen molar-refractivity contribution in [2.75, 3.05) is 17.1 Å². The Kier molecular flexibility index (Phi) is 9.75. The van der Waals surface area contributed by atoms with Gasteiger partial charge in [0.05, 0.1) is 11.9 Å². The minimum absolute atomic E-state index is 0.0788. The summed E-state index contributed by atoms with van der Waals surface area (Å²) in [6.07, 6.45) is 1.53. The molecular weight excluding hydrogens is 486 g/mol. The number of nitrogens with one attached hydrogen (secondary N) is 1. The Morgan fingerprint density at radius 2 is 1.74 bits per heavy atom. The number of nitrogens with zero attached hydrogens (tertiary/aromatic N) is 2. The lowest BCUT2D eigenvalue weighted by Crippen LogP contribution is -2.52. The Balaban J connectivity index is 2.20. The first-order valence-electron chi connectivity index (χ1n) is 11.6. The second-order valence-corrected chi connectivity index (χ2v) is 12.1. The summed E-state index contributed by atoms with van der Waals surface area (Å²) in [5.41, 5.74) is 1.78. The fraction of sp³-hybridized carbons (Fsp3) is 0.462. The van der Waals surface area contributed by atoms with Crippen molar-refractivity contribution < 1.29 is 18.0 Å². The van der Waals surface area contributed by atoms with Gasteiger partial charge in [-0.05, 0) is 70.4 Å². The van der Waals surface area contributed by atoms with Crippen molar-refractivity contribution >= 4 is 39.1 Å². The highest BCUT2D eigenvalue weighted by Crippen LogP contribution is 2.22. The standard InChI is InChI=1S/C26H36ClN3O4S/c1-19-11-9-13-22(17-19)30(35(6,33)34)16-10-15-24(31)29(18-21-12-7-8-14-23(21)27)20(2)25(32)28-26(3,4)5/h7-9,11-14,17,20H,10,15-16,18H2,1-6H3,(H,28,32)/t20-/m0/s1. The van der Waals surface area contributed by atoms with Gasteiger partial charge in [0.2, 0.25) is 21.8 Å². The lowest BCUT2D eigenvalue weighted by atomic mass is 10.1. The molecule has 1 atom stereocenters. The molecule has 0 spiro atoms. The number of halogens is 1. The molecule has 0 aromatic heterocycles. The monoisotopic (exact) mass is 521 g/mol. The maximum Gasteiger partial charge on any atom is 0.242 e. The molecule has 0 fully saturated rings. The molecule has 1 N–H and O–H groups in total. The van der Waals surface area contributed by atoms with E-state index in [4.69, 9.17) is 11.6 Å². The van der Waals surface area contributed by atoms with E-state index in [9.17, 15) is 18.0 Å². The Morgan fingerprint density at radius 1 is 1.09 bits per heavy atom. The van der Waals surface area contributed by atoms with Gasteiger partial charge in [0, 0.05) is 30.1 Å². The normalized spacial score (nSPS) is 12.7. The molecule has 0 aliphatic carbocycles. The Bertz CT molecular complexity index is 1150. The topological polar surface area (TPSA) is 86.8 Å². The van der Waals surface area contributed by atoms with Crippen LogP contribution in [0.4, 0.5) is 5.69 Å². The van der Waals surface area contributed by atoms with Crippen molar-refractivity contribution in [3.8, 4) is 0 Å². The Labute approximate surface area is 214 Å². The van der Waals surface area contributed by atoms with Crippen LogP contribution in [0, 0.1) is 6.92 Å². The number of carbonyl (C=O) groups excluding carboxylic acids is 2. The van der Waals surface area contributed by atoms with Gasteiger partial charge in [0.25, 0.3) is 0 Å². The fourth-order valence-corrected chi connectivity index (χ4v) is 4.81. The molecule has 0 heterocycles. The van der Waals surface area contributed by atoms with E-state index in [0.717, 1.165) is 17.4 Å². The van der Waals surface area contributed by atoms with Gasteiger partial charge in [-0.2, -0.15) is 0 Å². The maximum absolute atomic E-state index is 13.3. The van der Waals surface area contributed by atoms with Crippen molar-refractivity contribution in [1.29, 1.82) is 0 Å². The maximum atomic E-state index is 13.3. The number of hydrogen-bond donors (Lipinski definition) is 1. The predicted molar refractivity (Wildman–Crippen MR) is 142 cm³/mol. The Morgan fingerprint density at radius 3 is 2.31 bits per heavy atom. The number of carbonyl (C=O) groups is 2. The van der Waals surface area contributed by atoms with Gasteiger partial charge in [-0.1, -0.05) is 41.9 Å². The van der Waals surface area contributed by atoms with Crippen LogP contribution in [0.3, 0.4) is 0 Å². The van der Waals surface area contributed by atoms with Gasteiger partial charge in [0.15, 0.2) is 0 Å². The molecule has 0 saturated heterocycles.